The van der Waals surface area contributed by atoms with Crippen LogP contribution in [0.25, 0.3) is 0 Å². The van der Waals surface area contributed by atoms with Crippen molar-refractivity contribution < 1.29 is 4.43 Å². The molecule has 1 aromatic heterocycles. The van der Waals surface area contributed by atoms with Gasteiger partial charge in [0.2, 0.25) is 0 Å². The van der Waals surface area contributed by atoms with Crippen LogP contribution in [0.5, 0.6) is 5.75 Å². The Kier molecular flexibility index (Phi) is 4.51. The molecule has 1 radical (unpaired) electrons. The number of benzene rings is 1. The topological polar surface area (TPSA) is 50.3 Å². The molecular formula is C14H18N3OSi. The molecule has 0 unspecified atom stereocenters. The van der Waals surface area contributed by atoms with Crippen LogP contribution < -0.4 is 4.43 Å². The van der Waals surface area contributed by atoms with E-state index in [0.29, 0.717) is 6.54 Å². The second-order valence-electron chi connectivity index (χ2n) is 4.48. The van der Waals surface area contributed by atoms with Gasteiger partial charge in [-0.3, -0.25) is 4.99 Å². The maximum Gasteiger partial charge on any atom is 0.274 e. The SMILES string of the molecule is CC(=NCc1ccccc1O[Si](C)C)c1cnc[nH]1. The van der Waals surface area contributed by atoms with Crippen molar-refractivity contribution in [1.82, 2.24) is 9.97 Å². The largest absolute Gasteiger partial charge is 0.542 e. The van der Waals surface area contributed by atoms with E-state index in [4.69, 9.17) is 4.43 Å². The maximum atomic E-state index is 5.88. The van der Waals surface area contributed by atoms with Crippen LogP contribution in [-0.4, -0.2) is 24.7 Å². The van der Waals surface area contributed by atoms with Crippen LogP contribution in [0.2, 0.25) is 13.1 Å². The molecule has 0 saturated carbocycles. The second kappa shape index (κ2) is 6.33. The van der Waals surface area contributed by atoms with Gasteiger partial charge >= 0.3 is 0 Å². The van der Waals surface area contributed by atoms with Crippen LogP contribution in [0.4, 0.5) is 0 Å². The molecule has 0 saturated heterocycles. The first kappa shape index (κ1) is 13.5. The molecule has 0 bridgehead atoms. The van der Waals surface area contributed by atoms with E-state index in [2.05, 4.69) is 34.1 Å². The number of rotatable bonds is 5. The average Bonchev–Trinajstić information content (AvgIpc) is 2.90. The highest BCUT2D eigenvalue weighted by Gasteiger charge is 2.06. The van der Waals surface area contributed by atoms with Crippen LogP contribution in [0.3, 0.4) is 0 Å². The van der Waals surface area contributed by atoms with Crippen LogP contribution >= 0.6 is 0 Å². The summed E-state index contributed by atoms with van der Waals surface area (Å²) < 4.78 is 5.88. The van der Waals surface area contributed by atoms with E-state index in [1.165, 1.54) is 0 Å². The maximum absolute atomic E-state index is 5.88. The molecule has 0 aliphatic heterocycles. The number of nitrogens with zero attached hydrogens (tertiary/aromatic N) is 2. The van der Waals surface area contributed by atoms with Gasteiger partial charge in [0.25, 0.3) is 9.04 Å². The van der Waals surface area contributed by atoms with Gasteiger partial charge in [-0.1, -0.05) is 18.2 Å². The number of aromatic nitrogens is 2. The fourth-order valence-corrected chi connectivity index (χ4v) is 2.34. The highest BCUT2D eigenvalue weighted by molar-refractivity contribution is 6.49. The lowest BCUT2D eigenvalue weighted by molar-refractivity contribution is 0.571. The molecule has 4 nitrogen and oxygen atoms in total. The molecule has 0 aliphatic carbocycles. The van der Waals surface area contributed by atoms with Gasteiger partial charge in [-0.2, -0.15) is 0 Å². The summed E-state index contributed by atoms with van der Waals surface area (Å²) in [6.07, 6.45) is 3.44. The molecule has 2 rings (SSSR count). The highest BCUT2D eigenvalue weighted by atomic mass is 28.3. The molecule has 0 atom stereocenters. The molecule has 0 amide bonds. The Labute approximate surface area is 115 Å². The summed E-state index contributed by atoms with van der Waals surface area (Å²) in [6, 6.07) is 8.08. The molecule has 99 valence electrons. The van der Waals surface area contributed by atoms with Crippen molar-refractivity contribution in [3.8, 4) is 5.75 Å². The number of nitrogens with one attached hydrogen (secondary N) is 1. The summed E-state index contributed by atoms with van der Waals surface area (Å²) >= 11 is 0. The van der Waals surface area contributed by atoms with Crippen LogP contribution in [0.15, 0.2) is 41.8 Å². The summed E-state index contributed by atoms with van der Waals surface area (Å²) in [6.45, 7) is 6.85. The normalized spacial score (nSPS) is 11.9. The molecular weight excluding hydrogens is 254 g/mol. The predicted molar refractivity (Wildman–Crippen MR) is 79.1 cm³/mol. The zero-order chi connectivity index (χ0) is 13.7. The second-order valence-corrected chi connectivity index (χ2v) is 6.51. The summed E-state index contributed by atoms with van der Waals surface area (Å²) in [5.41, 5.74) is 3.02. The van der Waals surface area contributed by atoms with Gasteiger partial charge in [-0.05, 0) is 26.1 Å². The van der Waals surface area contributed by atoms with E-state index in [9.17, 15) is 0 Å². The van der Waals surface area contributed by atoms with Gasteiger partial charge < -0.3 is 9.41 Å². The third-order valence-electron chi connectivity index (χ3n) is 2.66. The van der Waals surface area contributed by atoms with Crippen LogP contribution in [0.1, 0.15) is 18.2 Å². The van der Waals surface area contributed by atoms with Crippen molar-refractivity contribution in [2.45, 2.75) is 26.6 Å². The van der Waals surface area contributed by atoms with Crippen molar-refractivity contribution in [2.75, 3.05) is 0 Å². The van der Waals surface area contributed by atoms with E-state index in [-0.39, 0.29) is 0 Å². The van der Waals surface area contributed by atoms with Gasteiger partial charge in [0.05, 0.1) is 30.5 Å². The van der Waals surface area contributed by atoms with E-state index >= 15 is 0 Å². The van der Waals surface area contributed by atoms with Gasteiger partial charge in [0.15, 0.2) is 0 Å². The zero-order valence-corrected chi connectivity index (χ0v) is 12.5. The first-order valence-corrected chi connectivity index (χ1v) is 8.63. The van der Waals surface area contributed by atoms with E-state index < -0.39 is 9.04 Å². The quantitative estimate of drug-likeness (QED) is 0.672. The van der Waals surface area contributed by atoms with Crippen LogP contribution in [0, 0.1) is 0 Å². The fourth-order valence-electron chi connectivity index (χ4n) is 1.70. The van der Waals surface area contributed by atoms with Crippen LogP contribution in [-0.2, 0) is 6.54 Å². The van der Waals surface area contributed by atoms with Crippen molar-refractivity contribution in [1.29, 1.82) is 0 Å². The van der Waals surface area contributed by atoms with Crippen molar-refractivity contribution in [3.63, 3.8) is 0 Å². The number of aliphatic imine (C=N–C) groups is 1. The van der Waals surface area contributed by atoms with Crippen molar-refractivity contribution >= 4 is 14.8 Å². The Morgan fingerprint density at radius 3 is 2.84 bits per heavy atom. The minimum Gasteiger partial charge on any atom is -0.542 e. The van der Waals surface area contributed by atoms with E-state index in [1.807, 2.05) is 25.1 Å². The standard InChI is InChI=1S/C14H18N3OSi/c1-11(13-9-15-10-17-13)16-8-12-6-4-5-7-14(12)18-19(2)3/h4-7,9-10H,8H2,1-3H3,(H,15,17). The first-order chi connectivity index (χ1) is 9.16. The number of hydrogen-bond acceptors (Lipinski definition) is 3. The van der Waals surface area contributed by atoms with Gasteiger partial charge in [0, 0.05) is 5.56 Å². The molecule has 0 aliphatic rings. The Morgan fingerprint density at radius 2 is 2.16 bits per heavy atom. The lowest BCUT2D eigenvalue weighted by atomic mass is 10.2. The monoisotopic (exact) mass is 272 g/mol. The summed E-state index contributed by atoms with van der Waals surface area (Å²) in [5.74, 6) is 0.947. The fraction of sp³-hybridized carbons (Fsp3) is 0.286. The summed E-state index contributed by atoms with van der Waals surface area (Å²) in [7, 11) is -0.754. The third kappa shape index (κ3) is 3.79. The van der Waals surface area contributed by atoms with Crippen molar-refractivity contribution in [2.24, 2.45) is 4.99 Å². The molecule has 0 fully saturated rings. The Morgan fingerprint density at radius 1 is 1.37 bits per heavy atom. The molecule has 1 heterocycles. The number of imidazole rings is 1. The molecule has 1 aromatic carbocycles. The first-order valence-electron chi connectivity index (χ1n) is 6.22. The predicted octanol–water partition coefficient (Wildman–Crippen LogP) is 3.05. The number of para-hydroxylation sites is 1. The molecule has 2 aromatic rings. The van der Waals surface area contributed by atoms with E-state index in [1.54, 1.807) is 12.5 Å². The minimum absolute atomic E-state index is 0.621. The Hall–Kier alpha value is -1.88. The summed E-state index contributed by atoms with van der Waals surface area (Å²) in [4.78, 5) is 11.6. The minimum atomic E-state index is -0.754. The third-order valence-corrected chi connectivity index (χ3v) is 3.29. The smallest absolute Gasteiger partial charge is 0.274 e. The molecule has 1 N–H and O–H groups in total. The number of H-pyrrole nitrogens is 1. The Balaban J connectivity index is 2.13. The average molecular weight is 272 g/mol. The Bertz CT molecular complexity index is 550. The van der Waals surface area contributed by atoms with Gasteiger partial charge in [-0.15, -0.1) is 0 Å². The lowest BCUT2D eigenvalue weighted by Crippen LogP contribution is -2.12. The molecule has 19 heavy (non-hydrogen) atoms. The highest BCUT2D eigenvalue weighted by Crippen LogP contribution is 2.19. The lowest BCUT2D eigenvalue weighted by Gasteiger charge is -2.12. The summed E-state index contributed by atoms with van der Waals surface area (Å²) in [5, 5.41) is 0. The van der Waals surface area contributed by atoms with Gasteiger partial charge in [0.1, 0.15) is 5.75 Å². The molecule has 5 heteroatoms. The van der Waals surface area contributed by atoms with Crippen molar-refractivity contribution in [3.05, 3.63) is 48.0 Å². The zero-order valence-electron chi connectivity index (χ0n) is 11.5. The number of aromatic amines is 1. The van der Waals surface area contributed by atoms with E-state index in [0.717, 1.165) is 22.7 Å². The number of hydrogen-bond donors (Lipinski definition) is 1. The molecule has 0 spiro atoms. The van der Waals surface area contributed by atoms with Gasteiger partial charge in [-0.25, -0.2) is 4.98 Å².